The first-order chi connectivity index (χ1) is 5.00. The van der Waals surface area contributed by atoms with E-state index in [4.69, 9.17) is 4.74 Å². The highest BCUT2D eigenvalue weighted by Gasteiger charge is 2.29. The molecule has 0 saturated carbocycles. The Labute approximate surface area is 72.6 Å². The molecule has 2 nitrogen and oxygen atoms in total. The van der Waals surface area contributed by atoms with Crippen molar-refractivity contribution in [3.63, 3.8) is 0 Å². The zero-order valence-electron chi connectivity index (χ0n) is 8.34. The van der Waals surface area contributed by atoms with E-state index in [2.05, 4.69) is 19.4 Å². The van der Waals surface area contributed by atoms with E-state index < -0.39 is 0 Å². The summed E-state index contributed by atoms with van der Waals surface area (Å²) in [6.45, 7) is 2.20. The van der Waals surface area contributed by atoms with Crippen LogP contribution in [-0.4, -0.2) is 49.4 Å². The van der Waals surface area contributed by atoms with Gasteiger partial charge in [-0.1, -0.05) is 0 Å². The molecule has 66 valence electrons. The maximum atomic E-state index is 5.28. The molecule has 0 aromatic rings. The van der Waals surface area contributed by atoms with Gasteiger partial charge in [0.05, 0.1) is 19.6 Å². The molecule has 0 rings (SSSR count). The number of nitrogens with zero attached hydrogens (tertiary/aromatic N) is 1. The smallest absolute Gasteiger partial charge is 0.389 e. The first-order valence-corrected chi connectivity index (χ1v) is 5.75. The SMILES string of the molecule is COC(C(C)[S+](C)C)=[N+](C)C. The van der Waals surface area contributed by atoms with Crippen molar-refractivity contribution in [1.29, 1.82) is 0 Å². The van der Waals surface area contributed by atoms with Gasteiger partial charge in [-0.3, -0.25) is 0 Å². The molecule has 0 aromatic heterocycles. The average Bonchev–Trinajstić information content (AvgIpc) is 1.88. The molecule has 0 amide bonds. The zero-order valence-corrected chi connectivity index (χ0v) is 9.16. The standard InChI is InChI=1S/C8H19NOS/c1-7(11(5)6)8(10-4)9(2)3/h7H,1-6H3/q+2. The Morgan fingerprint density at radius 3 is 1.91 bits per heavy atom. The summed E-state index contributed by atoms with van der Waals surface area (Å²) in [5.74, 6) is 1.07. The van der Waals surface area contributed by atoms with E-state index in [0.29, 0.717) is 16.1 Å². The third-order valence-electron chi connectivity index (χ3n) is 1.70. The lowest BCUT2D eigenvalue weighted by Gasteiger charge is -2.07. The van der Waals surface area contributed by atoms with Crippen molar-refractivity contribution in [1.82, 2.24) is 0 Å². The van der Waals surface area contributed by atoms with Gasteiger partial charge in [0, 0.05) is 0 Å². The number of ether oxygens (including phenoxy) is 1. The van der Waals surface area contributed by atoms with Crippen LogP contribution in [0.4, 0.5) is 0 Å². The number of methoxy groups -OCH3 is 1. The van der Waals surface area contributed by atoms with Crippen molar-refractivity contribution < 1.29 is 9.31 Å². The van der Waals surface area contributed by atoms with Gasteiger partial charge in [0.25, 0.3) is 0 Å². The van der Waals surface area contributed by atoms with Crippen LogP contribution in [0.1, 0.15) is 6.92 Å². The first kappa shape index (κ1) is 10.8. The second kappa shape index (κ2) is 4.65. The molecular weight excluding hydrogens is 158 g/mol. The summed E-state index contributed by atoms with van der Waals surface area (Å²) in [6, 6.07) is 0. The van der Waals surface area contributed by atoms with E-state index in [0.717, 1.165) is 5.90 Å². The van der Waals surface area contributed by atoms with Crippen LogP contribution in [0.5, 0.6) is 0 Å². The van der Waals surface area contributed by atoms with Crippen LogP contribution in [0, 0.1) is 0 Å². The van der Waals surface area contributed by atoms with Crippen molar-refractivity contribution in [3.8, 4) is 0 Å². The molecule has 1 unspecified atom stereocenters. The van der Waals surface area contributed by atoms with Crippen molar-refractivity contribution in [3.05, 3.63) is 0 Å². The third kappa shape index (κ3) is 3.14. The maximum absolute atomic E-state index is 5.28. The van der Waals surface area contributed by atoms with E-state index in [1.807, 2.05) is 18.7 Å². The highest BCUT2D eigenvalue weighted by Crippen LogP contribution is 2.01. The van der Waals surface area contributed by atoms with E-state index in [1.54, 1.807) is 7.11 Å². The molecule has 0 aliphatic carbocycles. The van der Waals surface area contributed by atoms with Crippen LogP contribution in [0.2, 0.25) is 0 Å². The van der Waals surface area contributed by atoms with Crippen LogP contribution in [0.15, 0.2) is 0 Å². The van der Waals surface area contributed by atoms with Gasteiger partial charge in [0.15, 0.2) is 0 Å². The minimum Gasteiger partial charge on any atom is -0.448 e. The van der Waals surface area contributed by atoms with Crippen LogP contribution in [0.3, 0.4) is 0 Å². The highest BCUT2D eigenvalue weighted by atomic mass is 32.2. The largest absolute Gasteiger partial charge is 0.448 e. The lowest BCUT2D eigenvalue weighted by atomic mass is 10.4. The molecule has 1 atom stereocenters. The summed E-state index contributed by atoms with van der Waals surface area (Å²) in [5.41, 5.74) is 0. The number of rotatable bonds is 2. The lowest BCUT2D eigenvalue weighted by molar-refractivity contribution is -0.475. The minimum absolute atomic E-state index is 0.385. The summed E-state index contributed by atoms with van der Waals surface area (Å²) < 4.78 is 7.32. The van der Waals surface area contributed by atoms with Crippen molar-refractivity contribution in [2.24, 2.45) is 0 Å². The summed E-state index contributed by atoms with van der Waals surface area (Å²) in [5, 5.41) is 0.523. The zero-order chi connectivity index (χ0) is 9.02. The first-order valence-electron chi connectivity index (χ1n) is 3.65. The Kier molecular flexibility index (Phi) is 4.57. The summed E-state index contributed by atoms with van der Waals surface area (Å²) in [6.07, 6.45) is 4.46. The molecule has 0 spiro atoms. The van der Waals surface area contributed by atoms with Crippen molar-refractivity contribution in [2.75, 3.05) is 33.7 Å². The van der Waals surface area contributed by atoms with Gasteiger partial charge in [0.1, 0.15) is 14.1 Å². The molecule has 0 saturated heterocycles. The Hall–Kier alpha value is -0.180. The predicted octanol–water partition coefficient (Wildman–Crippen LogP) is 0.570. The van der Waals surface area contributed by atoms with Gasteiger partial charge in [-0.25, -0.2) is 4.58 Å². The normalized spacial score (nSPS) is 13.0. The molecule has 0 radical (unpaired) electrons. The molecule has 3 heteroatoms. The van der Waals surface area contributed by atoms with E-state index >= 15 is 0 Å². The van der Waals surface area contributed by atoms with Gasteiger partial charge >= 0.3 is 5.90 Å². The third-order valence-corrected chi connectivity index (χ3v) is 3.32. The Balaban J connectivity index is 4.40. The monoisotopic (exact) mass is 177 g/mol. The summed E-state index contributed by atoms with van der Waals surface area (Å²) in [4.78, 5) is 0. The van der Waals surface area contributed by atoms with Gasteiger partial charge < -0.3 is 4.74 Å². The molecule has 0 N–H and O–H groups in total. The summed E-state index contributed by atoms with van der Waals surface area (Å²) in [7, 11) is 6.15. The fourth-order valence-electron chi connectivity index (χ4n) is 0.914. The lowest BCUT2D eigenvalue weighted by Crippen LogP contribution is -2.32. The quantitative estimate of drug-likeness (QED) is 0.260. The number of hydrogen-bond acceptors (Lipinski definition) is 1. The van der Waals surface area contributed by atoms with Crippen molar-refractivity contribution >= 4 is 16.8 Å². The predicted molar refractivity (Wildman–Crippen MR) is 52.8 cm³/mol. The molecule has 0 aliphatic heterocycles. The topological polar surface area (TPSA) is 12.2 Å². The Bertz CT molecular complexity index is 150. The highest BCUT2D eigenvalue weighted by molar-refractivity contribution is 7.96. The fourth-order valence-corrected chi connectivity index (χ4v) is 1.62. The van der Waals surface area contributed by atoms with Gasteiger partial charge in [-0.2, -0.15) is 0 Å². The van der Waals surface area contributed by atoms with E-state index in [9.17, 15) is 0 Å². The van der Waals surface area contributed by atoms with Gasteiger partial charge in [-0.05, 0) is 17.8 Å². The molecule has 0 fully saturated rings. The second-order valence-corrected chi connectivity index (χ2v) is 5.43. The fraction of sp³-hybridized carbons (Fsp3) is 0.875. The average molecular weight is 177 g/mol. The molecule has 0 heterocycles. The van der Waals surface area contributed by atoms with Crippen LogP contribution >= 0.6 is 0 Å². The minimum atomic E-state index is 0.385. The Morgan fingerprint density at radius 2 is 1.82 bits per heavy atom. The maximum Gasteiger partial charge on any atom is 0.389 e. The Morgan fingerprint density at radius 1 is 1.36 bits per heavy atom. The molecule has 0 bridgehead atoms. The van der Waals surface area contributed by atoms with Crippen LogP contribution < -0.4 is 0 Å². The number of hydrogen-bond donors (Lipinski definition) is 0. The molecule has 0 aromatic carbocycles. The molecule has 0 aliphatic rings. The van der Waals surface area contributed by atoms with Crippen LogP contribution in [-0.2, 0) is 15.6 Å². The van der Waals surface area contributed by atoms with Gasteiger partial charge in [0.2, 0.25) is 5.25 Å². The van der Waals surface area contributed by atoms with Gasteiger partial charge in [-0.15, -0.1) is 0 Å². The van der Waals surface area contributed by atoms with E-state index in [1.165, 1.54) is 0 Å². The van der Waals surface area contributed by atoms with E-state index in [-0.39, 0.29) is 0 Å². The van der Waals surface area contributed by atoms with Crippen molar-refractivity contribution in [2.45, 2.75) is 12.2 Å². The van der Waals surface area contributed by atoms with Crippen LogP contribution in [0.25, 0.3) is 0 Å². The second-order valence-electron chi connectivity index (χ2n) is 2.96. The molecule has 11 heavy (non-hydrogen) atoms. The molecular formula is C8H19NOS+2. The summed E-state index contributed by atoms with van der Waals surface area (Å²) >= 11 is 0.